The summed E-state index contributed by atoms with van der Waals surface area (Å²) in [6, 6.07) is 8.64. The molecule has 1 aromatic rings. The van der Waals surface area contributed by atoms with Gasteiger partial charge in [-0.25, -0.2) is 4.79 Å². The quantitative estimate of drug-likeness (QED) is 0.582. The molecule has 1 atom stereocenters. The van der Waals surface area contributed by atoms with Crippen LogP contribution in [0.2, 0.25) is 0 Å². The average molecular weight is 280 g/mol. The molecule has 110 valence electrons. The van der Waals surface area contributed by atoms with Crippen LogP contribution in [-0.4, -0.2) is 36.9 Å². The van der Waals surface area contributed by atoms with E-state index in [2.05, 4.69) is 4.74 Å². The van der Waals surface area contributed by atoms with Crippen LogP contribution < -0.4 is 0 Å². The first-order valence-corrected chi connectivity index (χ1v) is 6.61. The largest absolute Gasteiger partial charge is 0.469 e. The Labute approximate surface area is 118 Å². The van der Waals surface area contributed by atoms with Crippen molar-refractivity contribution >= 4 is 11.9 Å². The van der Waals surface area contributed by atoms with Crippen molar-refractivity contribution in [3.63, 3.8) is 0 Å². The molecule has 0 amide bonds. The van der Waals surface area contributed by atoms with Crippen molar-refractivity contribution < 1.29 is 24.2 Å². The highest BCUT2D eigenvalue weighted by Crippen LogP contribution is 2.10. The first-order chi connectivity index (χ1) is 9.67. The molecular formula is C15H20O5. The van der Waals surface area contributed by atoms with Crippen LogP contribution in [0.5, 0.6) is 0 Å². The number of aliphatic hydroxyl groups is 1. The molecule has 5 heteroatoms. The molecule has 1 N–H and O–H groups in total. The molecule has 0 fully saturated rings. The Kier molecular flexibility index (Phi) is 7.35. The van der Waals surface area contributed by atoms with Gasteiger partial charge in [-0.15, -0.1) is 0 Å². The first-order valence-electron chi connectivity index (χ1n) is 6.61. The van der Waals surface area contributed by atoms with Crippen molar-refractivity contribution in [1.82, 2.24) is 0 Å². The molecule has 0 aliphatic rings. The molecule has 5 nitrogen and oxygen atoms in total. The molecule has 0 spiro atoms. The molecular weight excluding hydrogens is 260 g/mol. The summed E-state index contributed by atoms with van der Waals surface area (Å²) in [7, 11) is 1.35. The lowest BCUT2D eigenvalue weighted by Gasteiger charge is -2.15. The van der Waals surface area contributed by atoms with Crippen molar-refractivity contribution in [1.29, 1.82) is 0 Å². The molecule has 0 saturated heterocycles. The number of hydrogen-bond donors (Lipinski definition) is 1. The van der Waals surface area contributed by atoms with E-state index in [9.17, 15) is 14.7 Å². The predicted octanol–water partition coefficient (Wildman–Crippen LogP) is 1.94. The zero-order chi connectivity index (χ0) is 14.8. The molecule has 0 bridgehead atoms. The molecule has 1 aromatic carbocycles. The van der Waals surface area contributed by atoms with Crippen molar-refractivity contribution in [3.05, 3.63) is 35.9 Å². The fourth-order valence-electron chi connectivity index (χ4n) is 1.72. The highest BCUT2D eigenvalue weighted by Gasteiger charge is 2.15. The number of hydrogen-bond acceptors (Lipinski definition) is 5. The lowest BCUT2D eigenvalue weighted by Crippen LogP contribution is -2.22. The van der Waals surface area contributed by atoms with Gasteiger partial charge in [-0.1, -0.05) is 18.2 Å². The maximum absolute atomic E-state index is 11.8. The molecule has 0 heterocycles. The Morgan fingerprint density at radius 3 is 2.50 bits per heavy atom. The molecule has 0 radical (unpaired) electrons. The number of aliphatic hydroxyl groups excluding tert-OH is 1. The molecule has 0 saturated carbocycles. The van der Waals surface area contributed by atoms with E-state index in [1.54, 1.807) is 24.3 Å². The molecule has 0 aliphatic carbocycles. The molecule has 0 aromatic heterocycles. The number of esters is 2. The van der Waals surface area contributed by atoms with E-state index in [0.717, 1.165) is 0 Å². The van der Waals surface area contributed by atoms with Crippen LogP contribution in [0, 0.1) is 0 Å². The van der Waals surface area contributed by atoms with Gasteiger partial charge in [-0.2, -0.15) is 0 Å². The van der Waals surface area contributed by atoms with Crippen LogP contribution in [0.25, 0.3) is 0 Å². The van der Waals surface area contributed by atoms with Crippen molar-refractivity contribution in [2.75, 3.05) is 13.7 Å². The third-order valence-electron chi connectivity index (χ3n) is 2.87. The Morgan fingerprint density at radius 1 is 1.20 bits per heavy atom. The molecule has 20 heavy (non-hydrogen) atoms. The molecule has 0 aliphatic heterocycles. The van der Waals surface area contributed by atoms with Crippen LogP contribution in [0.4, 0.5) is 0 Å². The average Bonchev–Trinajstić information content (AvgIpc) is 2.50. The number of unbranched alkanes of at least 4 members (excludes halogenated alkanes) is 1. The normalized spacial score (nSPS) is 11.7. The highest BCUT2D eigenvalue weighted by atomic mass is 16.6. The minimum atomic E-state index is -0.541. The maximum Gasteiger partial charge on any atom is 0.338 e. The fourth-order valence-corrected chi connectivity index (χ4v) is 1.72. The standard InChI is InChI=1S/C15H20O5/c1-19-14(17)10-6-5-9-13(11-16)20-15(18)12-7-3-2-4-8-12/h2-4,7-8,13,16H,5-6,9-11H2,1H3/t13-/m1/s1. The SMILES string of the molecule is COC(=O)CCCC[C@H](CO)OC(=O)c1ccccc1. The summed E-state index contributed by atoms with van der Waals surface area (Å²) in [6.07, 6.45) is 1.64. The van der Waals surface area contributed by atoms with Crippen molar-refractivity contribution in [3.8, 4) is 0 Å². The summed E-state index contributed by atoms with van der Waals surface area (Å²) in [6.45, 7) is -0.225. The Balaban J connectivity index is 2.32. The Hall–Kier alpha value is -1.88. The second-order valence-corrected chi connectivity index (χ2v) is 4.40. The van der Waals surface area contributed by atoms with Gasteiger partial charge in [-0.05, 0) is 31.4 Å². The number of carbonyl (C=O) groups is 2. The zero-order valence-electron chi connectivity index (χ0n) is 11.6. The third kappa shape index (κ3) is 5.84. The predicted molar refractivity (Wildman–Crippen MR) is 73.2 cm³/mol. The lowest BCUT2D eigenvalue weighted by molar-refractivity contribution is -0.140. The van der Waals surface area contributed by atoms with Crippen LogP contribution in [0.3, 0.4) is 0 Å². The van der Waals surface area contributed by atoms with E-state index >= 15 is 0 Å². The summed E-state index contributed by atoms with van der Waals surface area (Å²) >= 11 is 0. The van der Waals surface area contributed by atoms with Gasteiger partial charge in [0.25, 0.3) is 0 Å². The van der Waals surface area contributed by atoms with Crippen molar-refractivity contribution in [2.45, 2.75) is 31.8 Å². The number of rotatable bonds is 8. The van der Waals surface area contributed by atoms with Gasteiger partial charge >= 0.3 is 11.9 Å². The van der Waals surface area contributed by atoms with Gasteiger partial charge in [0.15, 0.2) is 0 Å². The van der Waals surface area contributed by atoms with E-state index < -0.39 is 12.1 Å². The van der Waals surface area contributed by atoms with Gasteiger partial charge in [0.2, 0.25) is 0 Å². The van der Waals surface area contributed by atoms with E-state index in [1.807, 2.05) is 6.07 Å². The summed E-state index contributed by atoms with van der Waals surface area (Å²) in [5.74, 6) is -0.704. The first kappa shape index (κ1) is 16.2. The third-order valence-corrected chi connectivity index (χ3v) is 2.87. The smallest absolute Gasteiger partial charge is 0.338 e. The number of methoxy groups -OCH3 is 1. The van der Waals surface area contributed by atoms with Crippen LogP contribution >= 0.6 is 0 Å². The van der Waals surface area contributed by atoms with Crippen LogP contribution in [0.15, 0.2) is 30.3 Å². The molecule has 1 rings (SSSR count). The highest BCUT2D eigenvalue weighted by molar-refractivity contribution is 5.89. The number of carbonyl (C=O) groups excluding carboxylic acids is 2. The minimum absolute atomic E-state index is 0.225. The van der Waals surface area contributed by atoms with Gasteiger partial charge in [0.1, 0.15) is 6.10 Å². The Morgan fingerprint density at radius 2 is 1.90 bits per heavy atom. The van der Waals surface area contributed by atoms with E-state index in [0.29, 0.717) is 31.2 Å². The van der Waals surface area contributed by atoms with Crippen LogP contribution in [0.1, 0.15) is 36.0 Å². The van der Waals surface area contributed by atoms with Gasteiger partial charge in [0, 0.05) is 6.42 Å². The van der Waals surface area contributed by atoms with Crippen LogP contribution in [-0.2, 0) is 14.3 Å². The second-order valence-electron chi connectivity index (χ2n) is 4.40. The van der Waals surface area contributed by atoms with Gasteiger partial charge in [0.05, 0.1) is 19.3 Å². The zero-order valence-corrected chi connectivity index (χ0v) is 11.6. The monoisotopic (exact) mass is 280 g/mol. The van der Waals surface area contributed by atoms with Crippen molar-refractivity contribution in [2.24, 2.45) is 0 Å². The second kappa shape index (κ2) is 9.09. The number of ether oxygens (including phenoxy) is 2. The summed E-state index contributed by atoms with van der Waals surface area (Å²) in [5.41, 5.74) is 0.459. The summed E-state index contributed by atoms with van der Waals surface area (Å²) in [4.78, 5) is 22.7. The van der Waals surface area contributed by atoms with E-state index in [-0.39, 0.29) is 12.6 Å². The minimum Gasteiger partial charge on any atom is -0.469 e. The van der Waals surface area contributed by atoms with Gasteiger partial charge < -0.3 is 14.6 Å². The fraction of sp³-hybridized carbons (Fsp3) is 0.467. The van der Waals surface area contributed by atoms with E-state index in [1.165, 1.54) is 7.11 Å². The maximum atomic E-state index is 11.8. The van der Waals surface area contributed by atoms with E-state index in [4.69, 9.17) is 4.74 Å². The Bertz CT molecular complexity index is 416. The lowest BCUT2D eigenvalue weighted by atomic mass is 10.1. The topological polar surface area (TPSA) is 72.8 Å². The summed E-state index contributed by atoms with van der Waals surface area (Å²) in [5, 5.41) is 9.21. The number of benzene rings is 1. The van der Waals surface area contributed by atoms with Gasteiger partial charge in [-0.3, -0.25) is 4.79 Å². The summed E-state index contributed by atoms with van der Waals surface area (Å²) < 4.78 is 9.75. The molecule has 0 unspecified atom stereocenters.